The number of pyridine rings is 1. The molecule has 8 heteroatoms. The lowest BCUT2D eigenvalue weighted by Gasteiger charge is -2.29. The van der Waals surface area contributed by atoms with Crippen molar-refractivity contribution in [2.45, 2.75) is 19.9 Å². The molecule has 1 aliphatic heterocycles. The zero-order chi connectivity index (χ0) is 16.3. The minimum atomic E-state index is -0.672. The molecule has 1 atom stereocenters. The third kappa shape index (κ3) is 3.40. The summed E-state index contributed by atoms with van der Waals surface area (Å²) in [7, 11) is 0. The maximum absolute atomic E-state index is 12.3. The molecule has 2 heterocycles. The fourth-order valence-electron chi connectivity index (χ4n) is 2.04. The van der Waals surface area contributed by atoms with E-state index in [1.54, 1.807) is 6.07 Å². The highest BCUT2D eigenvalue weighted by molar-refractivity contribution is 6.10. The smallest absolute Gasteiger partial charge is 0.246 e. The van der Waals surface area contributed by atoms with Crippen molar-refractivity contribution >= 4 is 29.1 Å². The van der Waals surface area contributed by atoms with Crippen LogP contribution in [0.2, 0.25) is 0 Å². The summed E-state index contributed by atoms with van der Waals surface area (Å²) in [6.07, 6.45) is 3.00. The summed E-state index contributed by atoms with van der Waals surface area (Å²) < 4.78 is 0. The van der Waals surface area contributed by atoms with Crippen molar-refractivity contribution in [2.24, 2.45) is 11.7 Å². The second-order valence-electron chi connectivity index (χ2n) is 5.41. The molecule has 2 rings (SSSR count). The summed E-state index contributed by atoms with van der Waals surface area (Å²) >= 11 is 0. The summed E-state index contributed by atoms with van der Waals surface area (Å²) in [6, 6.07) is 0.961. The summed E-state index contributed by atoms with van der Waals surface area (Å²) in [5.41, 5.74) is 6.74. The maximum Gasteiger partial charge on any atom is 0.246 e. The molecule has 4 N–H and O–H groups in total. The maximum atomic E-state index is 12.3. The van der Waals surface area contributed by atoms with Crippen LogP contribution < -0.4 is 21.3 Å². The molecule has 3 amide bonds. The Labute approximate surface area is 128 Å². The molecule has 0 fully saturated rings. The lowest BCUT2D eigenvalue weighted by atomic mass is 10.1. The number of nitrogens with two attached hydrogens (primary N) is 1. The van der Waals surface area contributed by atoms with Gasteiger partial charge in [0.2, 0.25) is 17.7 Å². The van der Waals surface area contributed by atoms with E-state index in [1.165, 1.54) is 17.3 Å². The van der Waals surface area contributed by atoms with Crippen LogP contribution in [0, 0.1) is 5.92 Å². The topological polar surface area (TPSA) is 117 Å². The van der Waals surface area contributed by atoms with Gasteiger partial charge in [0, 0.05) is 6.20 Å². The Bertz CT molecular complexity index is 602. The van der Waals surface area contributed by atoms with Crippen LogP contribution in [-0.2, 0) is 14.4 Å². The second kappa shape index (κ2) is 6.52. The fraction of sp³-hybridized carbons (Fsp3) is 0.429. The van der Waals surface area contributed by atoms with Crippen LogP contribution in [0.5, 0.6) is 0 Å². The van der Waals surface area contributed by atoms with Gasteiger partial charge in [0.25, 0.3) is 0 Å². The molecular weight excluding hydrogens is 286 g/mol. The van der Waals surface area contributed by atoms with Gasteiger partial charge >= 0.3 is 0 Å². The first-order valence-electron chi connectivity index (χ1n) is 6.97. The molecule has 0 radical (unpaired) electrons. The van der Waals surface area contributed by atoms with E-state index < -0.39 is 6.04 Å². The Balaban J connectivity index is 2.04. The van der Waals surface area contributed by atoms with Crippen molar-refractivity contribution in [1.29, 1.82) is 0 Å². The van der Waals surface area contributed by atoms with Crippen molar-refractivity contribution < 1.29 is 14.4 Å². The highest BCUT2D eigenvalue weighted by Crippen LogP contribution is 2.27. The highest BCUT2D eigenvalue weighted by atomic mass is 16.2. The summed E-state index contributed by atoms with van der Waals surface area (Å²) in [6.45, 7) is 3.34. The molecule has 0 saturated carbocycles. The Morgan fingerprint density at radius 1 is 1.50 bits per heavy atom. The molecule has 0 unspecified atom stereocenters. The van der Waals surface area contributed by atoms with Crippen LogP contribution in [0.15, 0.2) is 18.5 Å². The molecular formula is C14H19N5O3. The monoisotopic (exact) mass is 305 g/mol. The van der Waals surface area contributed by atoms with Gasteiger partial charge in [-0.15, -0.1) is 0 Å². The molecule has 0 spiro atoms. The molecule has 8 nitrogen and oxygen atoms in total. The van der Waals surface area contributed by atoms with E-state index in [0.717, 1.165) is 0 Å². The first-order valence-corrected chi connectivity index (χ1v) is 6.97. The van der Waals surface area contributed by atoms with Crippen LogP contribution in [0.3, 0.4) is 0 Å². The molecule has 0 bridgehead atoms. The van der Waals surface area contributed by atoms with Gasteiger partial charge in [-0.05, 0) is 12.0 Å². The largest absolute Gasteiger partial charge is 0.346 e. The number of nitrogens with one attached hydrogen (secondary N) is 2. The normalized spacial score (nSPS) is 15.1. The van der Waals surface area contributed by atoms with E-state index in [9.17, 15) is 14.4 Å². The predicted molar refractivity (Wildman–Crippen MR) is 81.0 cm³/mol. The number of fused-ring (bicyclic) bond motifs is 1. The van der Waals surface area contributed by atoms with E-state index in [4.69, 9.17) is 5.73 Å². The van der Waals surface area contributed by atoms with Gasteiger partial charge in [-0.25, -0.2) is 0 Å². The summed E-state index contributed by atoms with van der Waals surface area (Å²) in [5.74, 6) is -1.10. The van der Waals surface area contributed by atoms with E-state index in [-0.39, 0.29) is 36.7 Å². The van der Waals surface area contributed by atoms with E-state index in [0.29, 0.717) is 11.4 Å². The predicted octanol–water partition coefficient (Wildman–Crippen LogP) is -0.534. The Morgan fingerprint density at radius 3 is 2.91 bits per heavy atom. The minimum absolute atomic E-state index is 0.0253. The van der Waals surface area contributed by atoms with Crippen molar-refractivity contribution in [1.82, 2.24) is 10.3 Å². The van der Waals surface area contributed by atoms with Crippen molar-refractivity contribution in [3.63, 3.8) is 0 Å². The van der Waals surface area contributed by atoms with Crippen LogP contribution in [0.25, 0.3) is 0 Å². The van der Waals surface area contributed by atoms with Gasteiger partial charge < -0.3 is 16.4 Å². The highest BCUT2D eigenvalue weighted by Gasteiger charge is 2.27. The number of carbonyl (C=O) groups excluding carboxylic acids is 3. The average molecular weight is 305 g/mol. The van der Waals surface area contributed by atoms with Crippen LogP contribution >= 0.6 is 0 Å². The number of amides is 3. The van der Waals surface area contributed by atoms with E-state index in [1.807, 2.05) is 13.8 Å². The molecule has 22 heavy (non-hydrogen) atoms. The number of hydrogen-bond donors (Lipinski definition) is 3. The molecule has 1 aromatic heterocycles. The Hall–Kier alpha value is -2.48. The lowest BCUT2D eigenvalue weighted by molar-refractivity contribution is -0.126. The number of rotatable bonds is 4. The van der Waals surface area contributed by atoms with Crippen LogP contribution in [0.4, 0.5) is 11.4 Å². The third-order valence-electron chi connectivity index (χ3n) is 3.40. The van der Waals surface area contributed by atoms with Crippen molar-refractivity contribution in [3.8, 4) is 0 Å². The SMILES string of the molecule is CC(C)[C@H](N)C(=O)NCC(=O)N1CC(=O)Nc2cnccc21. The van der Waals surface area contributed by atoms with Crippen molar-refractivity contribution in [3.05, 3.63) is 18.5 Å². The van der Waals surface area contributed by atoms with Gasteiger partial charge in [-0.3, -0.25) is 24.3 Å². The molecule has 0 aromatic carbocycles. The Morgan fingerprint density at radius 2 is 2.23 bits per heavy atom. The van der Waals surface area contributed by atoms with Crippen LogP contribution in [-0.4, -0.2) is 41.8 Å². The zero-order valence-electron chi connectivity index (χ0n) is 12.5. The van der Waals surface area contributed by atoms with Gasteiger partial charge in [-0.2, -0.15) is 0 Å². The zero-order valence-corrected chi connectivity index (χ0v) is 12.5. The molecule has 1 aliphatic rings. The quantitative estimate of drug-likeness (QED) is 0.691. The van der Waals surface area contributed by atoms with Gasteiger partial charge in [0.1, 0.15) is 6.54 Å². The average Bonchev–Trinajstić information content (AvgIpc) is 2.50. The first-order chi connectivity index (χ1) is 10.4. The summed E-state index contributed by atoms with van der Waals surface area (Å²) in [4.78, 5) is 40.9. The molecule has 1 aromatic rings. The van der Waals surface area contributed by atoms with E-state index >= 15 is 0 Å². The first kappa shape index (κ1) is 15.9. The lowest BCUT2D eigenvalue weighted by Crippen LogP contribution is -2.50. The fourth-order valence-corrected chi connectivity index (χ4v) is 2.04. The van der Waals surface area contributed by atoms with Gasteiger partial charge in [0.15, 0.2) is 0 Å². The number of carbonyl (C=O) groups is 3. The number of aromatic nitrogens is 1. The number of nitrogens with zero attached hydrogens (tertiary/aromatic N) is 2. The van der Waals surface area contributed by atoms with E-state index in [2.05, 4.69) is 15.6 Å². The van der Waals surface area contributed by atoms with Crippen molar-refractivity contribution in [2.75, 3.05) is 23.3 Å². The third-order valence-corrected chi connectivity index (χ3v) is 3.40. The molecule has 118 valence electrons. The minimum Gasteiger partial charge on any atom is -0.346 e. The number of hydrogen-bond acceptors (Lipinski definition) is 5. The van der Waals surface area contributed by atoms with Gasteiger partial charge in [-0.1, -0.05) is 13.8 Å². The van der Waals surface area contributed by atoms with Crippen LogP contribution in [0.1, 0.15) is 13.8 Å². The number of anilines is 2. The van der Waals surface area contributed by atoms with Gasteiger partial charge in [0.05, 0.1) is 30.2 Å². The molecule has 0 saturated heterocycles. The summed E-state index contributed by atoms with van der Waals surface area (Å²) in [5, 5.41) is 5.14. The standard InChI is InChI=1S/C14H19N5O3/c1-8(2)13(15)14(22)17-6-12(21)19-7-11(20)18-9-5-16-4-3-10(9)19/h3-5,8,13H,6-7,15H2,1-2H3,(H,17,22)(H,18,20)/t13-/m0/s1. The second-order valence-corrected chi connectivity index (χ2v) is 5.41. The molecule has 0 aliphatic carbocycles. The Kier molecular flexibility index (Phi) is 4.71.